The van der Waals surface area contributed by atoms with Crippen LogP contribution in [0.15, 0.2) is 18.2 Å². The van der Waals surface area contributed by atoms with Crippen molar-refractivity contribution in [2.75, 3.05) is 13.1 Å². The van der Waals surface area contributed by atoms with E-state index in [2.05, 4.69) is 26.1 Å². The van der Waals surface area contributed by atoms with Crippen LogP contribution in [0.3, 0.4) is 0 Å². The maximum Gasteiger partial charge on any atom is 0.138 e. The molecule has 0 bridgehead atoms. The molecule has 0 spiro atoms. The molecule has 0 aliphatic carbocycles. The SMILES string of the molecule is CCC(CNCC(C)C)Oc1ccc(F)cc1Cl. The van der Waals surface area contributed by atoms with Crippen LogP contribution < -0.4 is 10.1 Å². The summed E-state index contributed by atoms with van der Waals surface area (Å²) in [5.74, 6) is 0.798. The summed E-state index contributed by atoms with van der Waals surface area (Å²) in [5.41, 5.74) is 0. The Morgan fingerprint density at radius 3 is 2.61 bits per heavy atom. The van der Waals surface area contributed by atoms with Crippen LogP contribution in [-0.2, 0) is 0 Å². The summed E-state index contributed by atoms with van der Waals surface area (Å²) in [6, 6.07) is 4.20. The van der Waals surface area contributed by atoms with Crippen molar-refractivity contribution in [1.29, 1.82) is 0 Å². The average Bonchev–Trinajstić information content (AvgIpc) is 2.30. The first-order valence-electron chi connectivity index (χ1n) is 6.35. The summed E-state index contributed by atoms with van der Waals surface area (Å²) in [6.07, 6.45) is 0.922. The minimum absolute atomic E-state index is 0.0479. The molecule has 0 aliphatic heterocycles. The summed E-state index contributed by atoms with van der Waals surface area (Å²) >= 11 is 5.93. The van der Waals surface area contributed by atoms with Crippen molar-refractivity contribution in [3.63, 3.8) is 0 Å². The monoisotopic (exact) mass is 273 g/mol. The molecule has 4 heteroatoms. The van der Waals surface area contributed by atoms with Crippen molar-refractivity contribution in [3.8, 4) is 5.75 Å². The zero-order valence-corrected chi connectivity index (χ0v) is 11.9. The lowest BCUT2D eigenvalue weighted by atomic mass is 10.2. The Morgan fingerprint density at radius 1 is 1.33 bits per heavy atom. The normalized spacial score (nSPS) is 12.8. The lowest BCUT2D eigenvalue weighted by Crippen LogP contribution is -2.33. The summed E-state index contributed by atoms with van der Waals surface area (Å²) in [6.45, 7) is 8.09. The smallest absolute Gasteiger partial charge is 0.138 e. The standard InChI is InChI=1S/C14H21ClFNO/c1-4-12(9-17-8-10(2)3)18-14-6-5-11(16)7-13(14)15/h5-7,10,12,17H,4,8-9H2,1-3H3. The Kier molecular flexibility index (Phi) is 6.44. The number of hydrogen-bond donors (Lipinski definition) is 1. The van der Waals surface area contributed by atoms with Gasteiger partial charge >= 0.3 is 0 Å². The molecule has 0 aromatic heterocycles. The maximum absolute atomic E-state index is 12.9. The van der Waals surface area contributed by atoms with E-state index < -0.39 is 0 Å². The largest absolute Gasteiger partial charge is 0.488 e. The van der Waals surface area contributed by atoms with Crippen LogP contribution in [0.2, 0.25) is 5.02 Å². The summed E-state index contributed by atoms with van der Waals surface area (Å²) in [4.78, 5) is 0. The van der Waals surface area contributed by atoms with Crippen LogP contribution in [0.1, 0.15) is 27.2 Å². The van der Waals surface area contributed by atoms with Gasteiger partial charge in [-0.1, -0.05) is 32.4 Å². The lowest BCUT2D eigenvalue weighted by molar-refractivity contribution is 0.192. The van der Waals surface area contributed by atoms with Gasteiger partial charge in [-0.2, -0.15) is 0 Å². The molecule has 1 aromatic carbocycles. The quantitative estimate of drug-likeness (QED) is 0.814. The molecule has 2 nitrogen and oxygen atoms in total. The number of nitrogens with one attached hydrogen (secondary N) is 1. The molecule has 0 fully saturated rings. The van der Waals surface area contributed by atoms with E-state index in [0.717, 1.165) is 19.5 Å². The van der Waals surface area contributed by atoms with Gasteiger partial charge in [-0.25, -0.2) is 4.39 Å². The zero-order valence-electron chi connectivity index (χ0n) is 11.2. The highest BCUT2D eigenvalue weighted by molar-refractivity contribution is 6.32. The molecule has 0 amide bonds. The number of ether oxygens (including phenoxy) is 1. The fourth-order valence-corrected chi connectivity index (χ4v) is 1.76. The first kappa shape index (κ1) is 15.3. The second-order valence-corrected chi connectivity index (χ2v) is 5.18. The molecule has 0 aliphatic rings. The van der Waals surface area contributed by atoms with Crippen molar-refractivity contribution < 1.29 is 9.13 Å². The molecule has 0 saturated heterocycles. The van der Waals surface area contributed by atoms with Gasteiger partial charge in [-0.05, 0) is 37.1 Å². The first-order valence-corrected chi connectivity index (χ1v) is 6.73. The molecule has 0 heterocycles. The molecular weight excluding hydrogens is 253 g/mol. The third kappa shape index (κ3) is 5.23. The van der Waals surface area contributed by atoms with E-state index in [9.17, 15) is 4.39 Å². The van der Waals surface area contributed by atoms with Gasteiger partial charge in [0.05, 0.1) is 5.02 Å². The minimum atomic E-state index is -0.349. The molecule has 18 heavy (non-hydrogen) atoms. The Hall–Kier alpha value is -0.800. The van der Waals surface area contributed by atoms with Crippen LogP contribution in [0.4, 0.5) is 4.39 Å². The van der Waals surface area contributed by atoms with Gasteiger partial charge in [-0.3, -0.25) is 0 Å². The Bertz CT molecular complexity index is 371. The molecule has 102 valence electrons. The summed E-state index contributed by atoms with van der Waals surface area (Å²) in [5, 5.41) is 3.66. The van der Waals surface area contributed by atoms with E-state index >= 15 is 0 Å². The average molecular weight is 274 g/mol. The van der Waals surface area contributed by atoms with Crippen molar-refractivity contribution in [1.82, 2.24) is 5.32 Å². The molecule has 1 unspecified atom stereocenters. The van der Waals surface area contributed by atoms with E-state index in [1.165, 1.54) is 12.1 Å². The predicted molar refractivity (Wildman–Crippen MR) is 73.8 cm³/mol. The highest BCUT2D eigenvalue weighted by Gasteiger charge is 2.11. The van der Waals surface area contributed by atoms with Gasteiger partial charge in [0.25, 0.3) is 0 Å². The van der Waals surface area contributed by atoms with Gasteiger partial charge in [0, 0.05) is 6.54 Å². The molecule has 1 atom stereocenters. The molecule has 0 radical (unpaired) electrons. The number of benzene rings is 1. The predicted octanol–water partition coefficient (Wildman–Crippen LogP) is 3.88. The van der Waals surface area contributed by atoms with E-state index in [0.29, 0.717) is 16.7 Å². The minimum Gasteiger partial charge on any atom is -0.488 e. The fraction of sp³-hybridized carbons (Fsp3) is 0.571. The highest BCUT2D eigenvalue weighted by Crippen LogP contribution is 2.26. The topological polar surface area (TPSA) is 21.3 Å². The van der Waals surface area contributed by atoms with Gasteiger partial charge in [0.2, 0.25) is 0 Å². The van der Waals surface area contributed by atoms with Crippen LogP contribution in [0.5, 0.6) is 5.75 Å². The van der Waals surface area contributed by atoms with Gasteiger partial charge < -0.3 is 10.1 Å². The summed E-state index contributed by atoms with van der Waals surface area (Å²) in [7, 11) is 0. The summed E-state index contributed by atoms with van der Waals surface area (Å²) < 4.78 is 18.7. The highest BCUT2D eigenvalue weighted by atomic mass is 35.5. The van der Waals surface area contributed by atoms with E-state index in [1.54, 1.807) is 6.07 Å². The van der Waals surface area contributed by atoms with Gasteiger partial charge in [0.15, 0.2) is 0 Å². The first-order chi connectivity index (χ1) is 8.52. The van der Waals surface area contributed by atoms with Gasteiger partial charge in [-0.15, -0.1) is 0 Å². The third-order valence-electron chi connectivity index (χ3n) is 2.57. The maximum atomic E-state index is 12.9. The van der Waals surface area contributed by atoms with Crippen LogP contribution >= 0.6 is 11.6 Å². The number of halogens is 2. The van der Waals surface area contributed by atoms with Crippen molar-refractivity contribution >= 4 is 11.6 Å². The van der Waals surface area contributed by atoms with E-state index in [1.807, 2.05) is 0 Å². The Balaban J connectivity index is 2.51. The number of hydrogen-bond acceptors (Lipinski definition) is 2. The van der Waals surface area contributed by atoms with Crippen LogP contribution in [-0.4, -0.2) is 19.2 Å². The van der Waals surface area contributed by atoms with Crippen molar-refractivity contribution in [2.45, 2.75) is 33.3 Å². The Morgan fingerprint density at radius 2 is 2.06 bits per heavy atom. The van der Waals surface area contributed by atoms with Crippen molar-refractivity contribution in [2.24, 2.45) is 5.92 Å². The zero-order chi connectivity index (χ0) is 13.5. The van der Waals surface area contributed by atoms with Gasteiger partial charge in [0.1, 0.15) is 17.7 Å². The molecule has 0 saturated carbocycles. The Labute approximate surface area is 113 Å². The van der Waals surface area contributed by atoms with Crippen molar-refractivity contribution in [3.05, 3.63) is 29.0 Å². The second-order valence-electron chi connectivity index (χ2n) is 4.77. The molecule has 1 aromatic rings. The molecular formula is C14H21ClFNO. The van der Waals surface area contributed by atoms with E-state index in [4.69, 9.17) is 16.3 Å². The second kappa shape index (κ2) is 7.59. The molecule has 1 N–H and O–H groups in total. The number of rotatable bonds is 7. The van der Waals surface area contributed by atoms with Crippen LogP contribution in [0, 0.1) is 11.7 Å². The van der Waals surface area contributed by atoms with Crippen LogP contribution in [0.25, 0.3) is 0 Å². The van der Waals surface area contributed by atoms with E-state index in [-0.39, 0.29) is 11.9 Å². The lowest BCUT2D eigenvalue weighted by Gasteiger charge is -2.19. The molecule has 1 rings (SSSR count). The third-order valence-corrected chi connectivity index (χ3v) is 2.86. The fourth-order valence-electron chi connectivity index (χ4n) is 1.55.